The second-order valence-corrected chi connectivity index (χ2v) is 4.37. The van der Waals surface area contributed by atoms with Crippen LogP contribution >= 0.6 is 0 Å². The summed E-state index contributed by atoms with van der Waals surface area (Å²) in [6, 6.07) is 0. The van der Waals surface area contributed by atoms with Crippen LogP contribution in [-0.2, 0) is 0 Å². The fraction of sp³-hybridized carbons (Fsp3) is 1.00. The fourth-order valence-electron chi connectivity index (χ4n) is 1.24. The van der Waals surface area contributed by atoms with Crippen molar-refractivity contribution in [2.75, 3.05) is 6.61 Å². The highest BCUT2D eigenvalue weighted by Crippen LogP contribution is 2.16. The molecule has 15 heavy (non-hydrogen) atoms. The van der Waals surface area contributed by atoms with Gasteiger partial charge in [-0.1, -0.05) is 20.8 Å². The molecule has 0 saturated carbocycles. The maximum atomic E-state index is 9.54. The molecule has 92 valence electrons. The van der Waals surface area contributed by atoms with Crippen LogP contribution in [0, 0.1) is 11.8 Å². The molecule has 0 aliphatic carbocycles. The minimum Gasteiger partial charge on any atom is -0.396 e. The third-order valence-corrected chi connectivity index (χ3v) is 2.60. The van der Waals surface area contributed by atoms with E-state index in [1.165, 1.54) is 0 Å². The third kappa shape index (κ3) is 4.04. The van der Waals surface area contributed by atoms with E-state index in [0.717, 1.165) is 0 Å². The fourth-order valence-corrected chi connectivity index (χ4v) is 1.24. The summed E-state index contributed by atoms with van der Waals surface area (Å²) in [4.78, 5) is 0. The number of aliphatic hydroxyl groups excluding tert-OH is 5. The zero-order valence-corrected chi connectivity index (χ0v) is 9.41. The topological polar surface area (TPSA) is 101 Å². The first kappa shape index (κ1) is 14.8. The van der Waals surface area contributed by atoms with E-state index in [0.29, 0.717) is 0 Å². The molecule has 0 amide bonds. The van der Waals surface area contributed by atoms with Crippen molar-refractivity contribution in [2.24, 2.45) is 11.8 Å². The van der Waals surface area contributed by atoms with Gasteiger partial charge in [0.1, 0.15) is 12.2 Å². The normalized spacial score (nSPS) is 22.2. The Morgan fingerprint density at radius 1 is 0.733 bits per heavy atom. The first-order valence-electron chi connectivity index (χ1n) is 5.16. The molecule has 0 saturated heterocycles. The summed E-state index contributed by atoms with van der Waals surface area (Å²) >= 11 is 0. The smallest absolute Gasteiger partial charge is 0.109 e. The van der Waals surface area contributed by atoms with Crippen LogP contribution in [0.15, 0.2) is 0 Å². The van der Waals surface area contributed by atoms with Gasteiger partial charge in [0, 0.05) is 12.5 Å². The Labute approximate surface area is 90.0 Å². The van der Waals surface area contributed by atoms with Crippen LogP contribution in [0.2, 0.25) is 0 Å². The number of hydrogen-bond donors (Lipinski definition) is 5. The Bertz CT molecular complexity index is 173. The zero-order valence-electron chi connectivity index (χ0n) is 9.41. The lowest BCUT2D eigenvalue weighted by Crippen LogP contribution is -2.48. The van der Waals surface area contributed by atoms with Crippen molar-refractivity contribution in [1.29, 1.82) is 0 Å². The van der Waals surface area contributed by atoms with E-state index in [4.69, 9.17) is 5.11 Å². The summed E-state index contributed by atoms with van der Waals surface area (Å²) in [6.07, 6.45) is -5.21. The van der Waals surface area contributed by atoms with Crippen LogP contribution < -0.4 is 0 Å². The minimum absolute atomic E-state index is 0.216. The first-order chi connectivity index (χ1) is 6.82. The van der Waals surface area contributed by atoms with Gasteiger partial charge in [0.25, 0.3) is 0 Å². The lowest BCUT2D eigenvalue weighted by Gasteiger charge is -2.30. The van der Waals surface area contributed by atoms with E-state index < -0.39 is 30.3 Å². The molecule has 5 atom stereocenters. The summed E-state index contributed by atoms with van der Waals surface area (Å²) in [5.74, 6) is -0.764. The van der Waals surface area contributed by atoms with Crippen LogP contribution in [-0.4, -0.2) is 56.6 Å². The van der Waals surface area contributed by atoms with Gasteiger partial charge in [-0.05, 0) is 5.92 Å². The van der Waals surface area contributed by atoms with Gasteiger partial charge in [0.05, 0.1) is 12.2 Å². The lowest BCUT2D eigenvalue weighted by atomic mass is 9.91. The monoisotopic (exact) mass is 222 g/mol. The zero-order chi connectivity index (χ0) is 12.2. The van der Waals surface area contributed by atoms with Crippen LogP contribution in [0.1, 0.15) is 20.8 Å². The second-order valence-electron chi connectivity index (χ2n) is 4.37. The van der Waals surface area contributed by atoms with Crippen molar-refractivity contribution in [3.63, 3.8) is 0 Å². The Hall–Kier alpha value is -0.200. The predicted octanol–water partition coefficient (Wildman–Crippen LogP) is -1.29. The van der Waals surface area contributed by atoms with Crippen LogP contribution in [0.5, 0.6) is 0 Å². The van der Waals surface area contributed by atoms with Crippen molar-refractivity contribution in [3.8, 4) is 0 Å². The molecule has 5 unspecified atom stereocenters. The number of aliphatic hydroxyl groups is 5. The molecule has 0 bridgehead atoms. The Kier molecular flexibility index (Phi) is 6.31. The van der Waals surface area contributed by atoms with Gasteiger partial charge in [-0.3, -0.25) is 0 Å². The van der Waals surface area contributed by atoms with Gasteiger partial charge < -0.3 is 25.5 Å². The highest BCUT2D eigenvalue weighted by Gasteiger charge is 2.33. The van der Waals surface area contributed by atoms with Gasteiger partial charge in [-0.2, -0.15) is 0 Å². The number of hydrogen-bond acceptors (Lipinski definition) is 5. The van der Waals surface area contributed by atoms with Crippen molar-refractivity contribution < 1.29 is 25.5 Å². The van der Waals surface area contributed by atoms with Crippen LogP contribution in [0.3, 0.4) is 0 Å². The average molecular weight is 222 g/mol. The average Bonchev–Trinajstić information content (AvgIpc) is 2.23. The van der Waals surface area contributed by atoms with Gasteiger partial charge in [-0.25, -0.2) is 0 Å². The van der Waals surface area contributed by atoms with Gasteiger partial charge in [0.2, 0.25) is 0 Å². The molecule has 0 spiro atoms. The Morgan fingerprint density at radius 2 is 1.13 bits per heavy atom. The summed E-state index contributed by atoms with van der Waals surface area (Å²) in [5.41, 5.74) is 0. The molecule has 0 aromatic rings. The molecule has 5 nitrogen and oxygen atoms in total. The van der Waals surface area contributed by atoms with Crippen molar-refractivity contribution in [1.82, 2.24) is 0 Å². The quantitative estimate of drug-likeness (QED) is 0.385. The van der Waals surface area contributed by atoms with Gasteiger partial charge in [0.15, 0.2) is 0 Å². The second kappa shape index (κ2) is 6.40. The molecule has 0 rings (SSSR count). The molecule has 0 heterocycles. The summed E-state index contributed by atoms with van der Waals surface area (Å²) in [7, 11) is 0. The standard InChI is InChI=1S/C10H22O5/c1-5(2)7(12)9(14)10(15)8(13)6(3)4-11/h5-15H,4H2,1-3H3. The van der Waals surface area contributed by atoms with E-state index in [1.807, 2.05) is 0 Å². The van der Waals surface area contributed by atoms with Crippen molar-refractivity contribution in [3.05, 3.63) is 0 Å². The molecule has 5 heteroatoms. The molecule has 0 aromatic carbocycles. The summed E-state index contributed by atoms with van der Waals surface area (Å²) < 4.78 is 0. The van der Waals surface area contributed by atoms with Crippen molar-refractivity contribution in [2.45, 2.75) is 45.2 Å². The van der Waals surface area contributed by atoms with Crippen molar-refractivity contribution >= 4 is 0 Å². The van der Waals surface area contributed by atoms with Gasteiger partial charge in [-0.15, -0.1) is 0 Å². The highest BCUT2D eigenvalue weighted by atomic mass is 16.4. The molecule has 0 aromatic heterocycles. The number of rotatable bonds is 6. The van der Waals surface area contributed by atoms with E-state index >= 15 is 0 Å². The molecule has 0 aliphatic heterocycles. The molecule has 0 aliphatic rings. The molecule has 0 fully saturated rings. The minimum atomic E-state index is -1.45. The predicted molar refractivity (Wildman–Crippen MR) is 55.1 cm³/mol. The lowest BCUT2D eigenvalue weighted by molar-refractivity contribution is -0.129. The Morgan fingerprint density at radius 3 is 1.47 bits per heavy atom. The van der Waals surface area contributed by atoms with E-state index in [-0.39, 0.29) is 12.5 Å². The molecule has 5 N–H and O–H groups in total. The summed E-state index contributed by atoms with van der Waals surface area (Å²) in [5, 5.41) is 46.8. The largest absolute Gasteiger partial charge is 0.396 e. The van der Waals surface area contributed by atoms with Crippen LogP contribution in [0.25, 0.3) is 0 Å². The van der Waals surface area contributed by atoms with E-state index in [1.54, 1.807) is 20.8 Å². The highest BCUT2D eigenvalue weighted by molar-refractivity contribution is 4.84. The molecule has 0 radical (unpaired) electrons. The maximum absolute atomic E-state index is 9.54. The maximum Gasteiger partial charge on any atom is 0.109 e. The third-order valence-electron chi connectivity index (χ3n) is 2.60. The van der Waals surface area contributed by atoms with Gasteiger partial charge >= 0.3 is 0 Å². The Balaban J connectivity index is 4.36. The van der Waals surface area contributed by atoms with E-state index in [2.05, 4.69) is 0 Å². The SMILES string of the molecule is CC(C)C(O)C(O)C(O)C(O)C(C)CO. The summed E-state index contributed by atoms with van der Waals surface area (Å²) in [6.45, 7) is 4.65. The molecular weight excluding hydrogens is 200 g/mol. The first-order valence-corrected chi connectivity index (χ1v) is 5.16. The van der Waals surface area contributed by atoms with Crippen LogP contribution in [0.4, 0.5) is 0 Å². The van der Waals surface area contributed by atoms with E-state index in [9.17, 15) is 20.4 Å². The molecular formula is C10H22O5.